The van der Waals surface area contributed by atoms with Crippen molar-refractivity contribution in [2.24, 2.45) is 5.92 Å². The summed E-state index contributed by atoms with van der Waals surface area (Å²) in [4.78, 5) is 15.3. The highest BCUT2D eigenvalue weighted by atomic mass is 19.2. The number of carbonyl (C=O) groups is 1. The van der Waals surface area contributed by atoms with E-state index in [2.05, 4.69) is 22.3 Å². The van der Waals surface area contributed by atoms with Gasteiger partial charge in [-0.15, -0.1) is 0 Å². The first-order valence-electron chi connectivity index (χ1n) is 11.4. The number of hydrogen-bond acceptors (Lipinski definition) is 4. The minimum atomic E-state index is -0.856. The minimum absolute atomic E-state index is 0.0198. The number of piperidine rings is 1. The lowest BCUT2D eigenvalue weighted by Crippen LogP contribution is -2.45. The Balaban J connectivity index is 1.29. The average Bonchev–Trinajstić information content (AvgIpc) is 3.33. The van der Waals surface area contributed by atoms with E-state index in [0.717, 1.165) is 24.6 Å². The maximum Gasteiger partial charge on any atom is 0.231 e. The molecule has 0 aromatic heterocycles. The summed E-state index contributed by atoms with van der Waals surface area (Å²) in [6.07, 6.45) is 0.727. The molecule has 1 saturated heterocycles. The van der Waals surface area contributed by atoms with Gasteiger partial charge in [0.15, 0.2) is 23.1 Å². The molecule has 2 heterocycles. The van der Waals surface area contributed by atoms with Crippen molar-refractivity contribution >= 4 is 5.91 Å². The van der Waals surface area contributed by atoms with Gasteiger partial charge in [-0.3, -0.25) is 9.69 Å². The molecular formula is C27H26F2N2O3. The van der Waals surface area contributed by atoms with Gasteiger partial charge < -0.3 is 14.8 Å². The van der Waals surface area contributed by atoms with Crippen molar-refractivity contribution in [3.8, 4) is 11.5 Å². The fraction of sp³-hybridized carbons (Fsp3) is 0.296. The predicted molar refractivity (Wildman–Crippen MR) is 123 cm³/mol. The zero-order valence-corrected chi connectivity index (χ0v) is 18.7. The normalized spacial score (nSPS) is 19.7. The second-order valence-corrected chi connectivity index (χ2v) is 8.89. The van der Waals surface area contributed by atoms with Crippen molar-refractivity contribution < 1.29 is 23.0 Å². The Hall–Kier alpha value is -3.45. The lowest BCUT2D eigenvalue weighted by Gasteiger charge is -2.37. The van der Waals surface area contributed by atoms with Crippen LogP contribution in [-0.2, 0) is 17.9 Å². The standard InChI is InChI=1S/C27H26F2N2O3/c28-23-8-6-19(10-24(23)29)14-31-15-21(20-4-2-1-3-5-20)12-22(16-31)27(32)30-13-18-7-9-25-26(11-18)34-17-33-25/h1-11,21-22H,12-17H2,(H,30,32)/t21-,22+/m0/s1. The van der Waals surface area contributed by atoms with Gasteiger partial charge in [-0.05, 0) is 53.3 Å². The lowest BCUT2D eigenvalue weighted by atomic mass is 9.84. The molecule has 176 valence electrons. The molecule has 0 bridgehead atoms. The number of carbonyl (C=O) groups excluding carboxylic acids is 1. The molecule has 7 heteroatoms. The largest absolute Gasteiger partial charge is 0.454 e. The fourth-order valence-electron chi connectivity index (χ4n) is 4.76. The van der Waals surface area contributed by atoms with Crippen LogP contribution in [0.15, 0.2) is 66.7 Å². The van der Waals surface area contributed by atoms with Crippen LogP contribution in [0.25, 0.3) is 0 Å². The maximum absolute atomic E-state index is 13.8. The molecule has 2 atom stereocenters. The van der Waals surface area contributed by atoms with Crippen molar-refractivity contribution in [3.63, 3.8) is 0 Å². The molecular weight excluding hydrogens is 438 g/mol. The van der Waals surface area contributed by atoms with Crippen LogP contribution >= 0.6 is 0 Å². The molecule has 0 aliphatic carbocycles. The van der Waals surface area contributed by atoms with Gasteiger partial charge in [-0.25, -0.2) is 8.78 Å². The Morgan fingerprint density at radius 3 is 2.53 bits per heavy atom. The molecule has 0 spiro atoms. The van der Waals surface area contributed by atoms with Crippen LogP contribution in [0.2, 0.25) is 0 Å². The van der Waals surface area contributed by atoms with Gasteiger partial charge in [-0.1, -0.05) is 42.5 Å². The molecule has 5 nitrogen and oxygen atoms in total. The third-order valence-corrected chi connectivity index (χ3v) is 6.46. The number of nitrogens with zero attached hydrogens (tertiary/aromatic N) is 1. The molecule has 34 heavy (non-hydrogen) atoms. The van der Waals surface area contributed by atoms with E-state index >= 15 is 0 Å². The Bertz CT molecular complexity index is 1170. The van der Waals surface area contributed by atoms with E-state index in [1.165, 1.54) is 11.6 Å². The van der Waals surface area contributed by atoms with E-state index in [1.807, 2.05) is 36.4 Å². The molecule has 2 aliphatic rings. The summed E-state index contributed by atoms with van der Waals surface area (Å²) in [5.41, 5.74) is 2.80. The Labute approximate surface area is 197 Å². The summed E-state index contributed by atoms with van der Waals surface area (Å²) in [6.45, 7) is 2.35. The molecule has 3 aromatic carbocycles. The highest BCUT2D eigenvalue weighted by Crippen LogP contribution is 2.33. The minimum Gasteiger partial charge on any atom is -0.454 e. The SMILES string of the molecule is O=C(NCc1ccc2c(c1)OCO2)[C@@H]1C[C@H](c2ccccc2)CN(Cc2ccc(F)c(F)c2)C1. The number of hydrogen-bond donors (Lipinski definition) is 1. The first-order valence-corrected chi connectivity index (χ1v) is 11.4. The lowest BCUT2D eigenvalue weighted by molar-refractivity contribution is -0.127. The number of rotatable bonds is 6. The Morgan fingerprint density at radius 1 is 0.912 bits per heavy atom. The van der Waals surface area contributed by atoms with Crippen molar-refractivity contribution in [3.05, 3.63) is 95.1 Å². The van der Waals surface area contributed by atoms with Crippen LogP contribution in [0.3, 0.4) is 0 Å². The van der Waals surface area contributed by atoms with Crippen LogP contribution in [0.1, 0.15) is 29.0 Å². The maximum atomic E-state index is 13.8. The van der Waals surface area contributed by atoms with Crippen LogP contribution in [0.5, 0.6) is 11.5 Å². The first kappa shape index (κ1) is 22.3. The van der Waals surface area contributed by atoms with E-state index in [4.69, 9.17) is 9.47 Å². The predicted octanol–water partition coefficient (Wildman–Crippen LogP) is 4.62. The number of likely N-dealkylation sites (tertiary alicyclic amines) is 1. The van der Waals surface area contributed by atoms with Gasteiger partial charge in [0.2, 0.25) is 12.7 Å². The molecule has 0 unspecified atom stereocenters. The number of ether oxygens (including phenoxy) is 2. The molecule has 2 aliphatic heterocycles. The summed E-state index contributed by atoms with van der Waals surface area (Å²) in [6, 6.07) is 19.7. The molecule has 0 radical (unpaired) electrons. The van der Waals surface area contributed by atoms with Gasteiger partial charge in [0, 0.05) is 26.2 Å². The van der Waals surface area contributed by atoms with Gasteiger partial charge in [0.05, 0.1) is 5.92 Å². The van der Waals surface area contributed by atoms with E-state index in [-0.39, 0.29) is 24.5 Å². The van der Waals surface area contributed by atoms with Gasteiger partial charge in [-0.2, -0.15) is 0 Å². The first-order chi connectivity index (χ1) is 16.5. The number of fused-ring (bicyclic) bond motifs is 1. The molecule has 0 saturated carbocycles. The molecule has 1 fully saturated rings. The van der Waals surface area contributed by atoms with Crippen LogP contribution in [0, 0.1) is 17.6 Å². The summed E-state index contributed by atoms with van der Waals surface area (Å²) < 4.78 is 37.9. The fourth-order valence-corrected chi connectivity index (χ4v) is 4.76. The zero-order valence-electron chi connectivity index (χ0n) is 18.7. The summed E-state index contributed by atoms with van der Waals surface area (Å²) in [5, 5.41) is 3.06. The van der Waals surface area contributed by atoms with E-state index in [9.17, 15) is 13.6 Å². The number of benzene rings is 3. The number of amides is 1. The Kier molecular flexibility index (Phi) is 6.45. The van der Waals surface area contributed by atoms with Crippen molar-refractivity contribution in [1.29, 1.82) is 0 Å². The van der Waals surface area contributed by atoms with Crippen molar-refractivity contribution in [2.75, 3.05) is 19.9 Å². The van der Waals surface area contributed by atoms with Gasteiger partial charge in [0.1, 0.15) is 0 Å². The van der Waals surface area contributed by atoms with Crippen molar-refractivity contribution in [1.82, 2.24) is 10.2 Å². The van der Waals surface area contributed by atoms with Gasteiger partial charge in [0.25, 0.3) is 0 Å². The van der Waals surface area contributed by atoms with Crippen molar-refractivity contribution in [2.45, 2.75) is 25.4 Å². The van der Waals surface area contributed by atoms with Crippen LogP contribution < -0.4 is 14.8 Å². The molecule has 1 N–H and O–H groups in total. The number of nitrogens with one attached hydrogen (secondary N) is 1. The van der Waals surface area contributed by atoms with E-state index in [1.54, 1.807) is 6.07 Å². The summed E-state index contributed by atoms with van der Waals surface area (Å²) >= 11 is 0. The number of halogens is 2. The molecule has 1 amide bonds. The topological polar surface area (TPSA) is 50.8 Å². The highest BCUT2D eigenvalue weighted by Gasteiger charge is 2.32. The molecule has 3 aromatic rings. The van der Waals surface area contributed by atoms with E-state index in [0.29, 0.717) is 36.7 Å². The monoisotopic (exact) mass is 464 g/mol. The average molecular weight is 465 g/mol. The second kappa shape index (κ2) is 9.81. The van der Waals surface area contributed by atoms with Gasteiger partial charge >= 0.3 is 0 Å². The van der Waals surface area contributed by atoms with E-state index < -0.39 is 11.6 Å². The molecule has 5 rings (SSSR count). The zero-order chi connectivity index (χ0) is 23.5. The summed E-state index contributed by atoms with van der Waals surface area (Å²) in [7, 11) is 0. The highest BCUT2D eigenvalue weighted by molar-refractivity contribution is 5.79. The van der Waals surface area contributed by atoms with Crippen LogP contribution in [0.4, 0.5) is 8.78 Å². The Morgan fingerprint density at radius 2 is 1.71 bits per heavy atom. The third-order valence-electron chi connectivity index (χ3n) is 6.46. The quantitative estimate of drug-likeness (QED) is 0.579. The smallest absolute Gasteiger partial charge is 0.231 e. The van der Waals surface area contributed by atoms with Crippen LogP contribution in [-0.4, -0.2) is 30.7 Å². The summed E-state index contributed by atoms with van der Waals surface area (Å²) in [5.74, 6) is -0.391. The third kappa shape index (κ3) is 5.04. The second-order valence-electron chi connectivity index (χ2n) is 8.89.